The largest absolute Gasteiger partial charge is 0.496 e. The number of thiazole rings is 1. The standard InChI is InChI=1S/C25H21BrN2O6S/c1-4-32-24(30)21-13(2)27-25-28(22(21)15-6-8-17(31-3)16(26)11-15)23(29)20(35-25)10-14-5-7-18-19(9-14)34-12-33-18/h5-11,22H,4,12H2,1-3H3/t22-/m1/s1. The van der Waals surface area contributed by atoms with Crippen LogP contribution in [-0.4, -0.2) is 31.0 Å². The molecule has 0 aliphatic carbocycles. The third-order valence-electron chi connectivity index (χ3n) is 5.70. The minimum absolute atomic E-state index is 0.175. The Morgan fingerprint density at radius 1 is 1.26 bits per heavy atom. The summed E-state index contributed by atoms with van der Waals surface area (Å²) in [5.41, 5.74) is 2.11. The fourth-order valence-corrected chi connectivity index (χ4v) is 5.72. The van der Waals surface area contributed by atoms with E-state index >= 15 is 0 Å². The summed E-state index contributed by atoms with van der Waals surface area (Å²) in [6.45, 7) is 3.89. The molecule has 0 fully saturated rings. The lowest BCUT2D eigenvalue weighted by atomic mass is 9.96. The summed E-state index contributed by atoms with van der Waals surface area (Å²) >= 11 is 4.78. The Bertz CT molecular complexity index is 1550. The normalized spacial score (nSPS) is 16.7. The summed E-state index contributed by atoms with van der Waals surface area (Å²) in [5, 5.41) is 0. The van der Waals surface area contributed by atoms with E-state index in [4.69, 9.17) is 18.9 Å². The topological polar surface area (TPSA) is 88.4 Å². The first-order valence-electron chi connectivity index (χ1n) is 10.8. The van der Waals surface area contributed by atoms with Crippen molar-refractivity contribution in [3.63, 3.8) is 0 Å². The summed E-state index contributed by atoms with van der Waals surface area (Å²) in [4.78, 5) is 31.8. The van der Waals surface area contributed by atoms with E-state index in [9.17, 15) is 9.59 Å². The van der Waals surface area contributed by atoms with Crippen LogP contribution in [-0.2, 0) is 9.53 Å². The zero-order chi connectivity index (χ0) is 24.7. The van der Waals surface area contributed by atoms with Crippen molar-refractivity contribution < 1.29 is 23.7 Å². The molecule has 8 nitrogen and oxygen atoms in total. The predicted octanol–water partition coefficient (Wildman–Crippen LogP) is 3.30. The highest BCUT2D eigenvalue weighted by molar-refractivity contribution is 9.10. The van der Waals surface area contributed by atoms with Crippen molar-refractivity contribution in [3.05, 3.63) is 83.0 Å². The lowest BCUT2D eigenvalue weighted by Gasteiger charge is -2.25. The third-order valence-corrected chi connectivity index (χ3v) is 7.31. The fourth-order valence-electron chi connectivity index (χ4n) is 4.11. The minimum atomic E-state index is -0.702. The maximum absolute atomic E-state index is 13.7. The van der Waals surface area contributed by atoms with Gasteiger partial charge in [-0.15, -0.1) is 0 Å². The van der Waals surface area contributed by atoms with Crippen LogP contribution in [0.2, 0.25) is 0 Å². The molecule has 3 heterocycles. The van der Waals surface area contributed by atoms with Gasteiger partial charge in [0.1, 0.15) is 5.75 Å². The summed E-state index contributed by atoms with van der Waals surface area (Å²) in [5.74, 6) is 1.44. The van der Waals surface area contributed by atoms with Crippen LogP contribution in [0, 0.1) is 0 Å². The molecule has 0 bridgehead atoms. The van der Waals surface area contributed by atoms with Crippen molar-refractivity contribution in [2.75, 3.05) is 20.5 Å². The van der Waals surface area contributed by atoms with E-state index in [1.165, 1.54) is 11.3 Å². The van der Waals surface area contributed by atoms with Crippen molar-refractivity contribution in [1.82, 2.24) is 4.57 Å². The van der Waals surface area contributed by atoms with E-state index < -0.39 is 12.0 Å². The number of hydrogen-bond acceptors (Lipinski definition) is 8. The van der Waals surface area contributed by atoms with Gasteiger partial charge in [0.15, 0.2) is 16.3 Å². The molecule has 0 N–H and O–H groups in total. The Labute approximate surface area is 212 Å². The molecule has 5 rings (SSSR count). The SMILES string of the molecule is CCOC(=O)C1=C(C)N=c2sc(=Cc3ccc4c(c3)OCO4)c(=O)n2[C@@H]1c1ccc(OC)c(Br)c1. The maximum atomic E-state index is 13.7. The van der Waals surface area contributed by atoms with Gasteiger partial charge in [0, 0.05) is 0 Å². The van der Waals surface area contributed by atoms with Gasteiger partial charge in [-0.1, -0.05) is 23.5 Å². The molecule has 0 unspecified atom stereocenters. The molecule has 0 saturated carbocycles. The molecule has 10 heteroatoms. The number of methoxy groups -OCH3 is 1. The third kappa shape index (κ3) is 4.17. The van der Waals surface area contributed by atoms with Gasteiger partial charge in [-0.25, -0.2) is 9.79 Å². The van der Waals surface area contributed by atoms with Crippen LogP contribution >= 0.6 is 27.3 Å². The number of ether oxygens (including phenoxy) is 4. The number of nitrogens with zero attached hydrogens (tertiary/aromatic N) is 2. The molecule has 0 radical (unpaired) electrons. The molecule has 0 amide bonds. The number of esters is 1. The first-order valence-corrected chi connectivity index (χ1v) is 12.4. The van der Waals surface area contributed by atoms with Gasteiger partial charge in [-0.05, 0) is 71.2 Å². The van der Waals surface area contributed by atoms with Gasteiger partial charge >= 0.3 is 5.97 Å². The van der Waals surface area contributed by atoms with E-state index in [2.05, 4.69) is 20.9 Å². The summed E-state index contributed by atoms with van der Waals surface area (Å²) < 4.78 is 24.3. The quantitative estimate of drug-likeness (QED) is 0.448. The average molecular weight is 557 g/mol. The molecule has 2 aromatic carbocycles. The van der Waals surface area contributed by atoms with Crippen molar-refractivity contribution in [3.8, 4) is 17.2 Å². The number of halogens is 1. The number of allylic oxidation sites excluding steroid dienone is 1. The zero-order valence-electron chi connectivity index (χ0n) is 19.2. The molecular weight excluding hydrogens is 536 g/mol. The van der Waals surface area contributed by atoms with E-state index in [-0.39, 0.29) is 19.0 Å². The van der Waals surface area contributed by atoms with Crippen molar-refractivity contribution in [1.29, 1.82) is 0 Å². The molecule has 180 valence electrons. The highest BCUT2D eigenvalue weighted by atomic mass is 79.9. The fraction of sp³-hybridized carbons (Fsp3) is 0.240. The van der Waals surface area contributed by atoms with E-state index in [1.807, 2.05) is 30.3 Å². The van der Waals surface area contributed by atoms with Crippen LogP contribution in [0.15, 0.2) is 61.9 Å². The molecule has 1 aromatic heterocycles. The first-order chi connectivity index (χ1) is 16.9. The van der Waals surface area contributed by atoms with E-state index in [1.54, 1.807) is 37.7 Å². The molecule has 0 saturated heterocycles. The molecule has 1 atom stereocenters. The second-order valence-corrected chi connectivity index (χ2v) is 9.67. The van der Waals surface area contributed by atoms with Crippen molar-refractivity contribution >= 4 is 39.3 Å². The van der Waals surface area contributed by atoms with Crippen LogP contribution in [0.5, 0.6) is 17.2 Å². The Kier molecular flexibility index (Phi) is 6.24. The predicted molar refractivity (Wildman–Crippen MR) is 134 cm³/mol. The lowest BCUT2D eigenvalue weighted by molar-refractivity contribution is -0.139. The van der Waals surface area contributed by atoms with Gasteiger partial charge in [0.05, 0.1) is 40.0 Å². The van der Waals surface area contributed by atoms with Crippen LogP contribution in [0.25, 0.3) is 6.08 Å². The smallest absolute Gasteiger partial charge is 0.338 e. The van der Waals surface area contributed by atoms with Gasteiger partial charge < -0.3 is 18.9 Å². The van der Waals surface area contributed by atoms with Crippen LogP contribution in [0.3, 0.4) is 0 Å². The molecule has 2 aliphatic rings. The number of rotatable bonds is 5. The number of aromatic nitrogens is 1. The summed E-state index contributed by atoms with van der Waals surface area (Å²) in [7, 11) is 1.58. The first kappa shape index (κ1) is 23.4. The van der Waals surface area contributed by atoms with Crippen LogP contribution in [0.1, 0.15) is 31.0 Å². The average Bonchev–Trinajstić information content (AvgIpc) is 3.42. The Morgan fingerprint density at radius 3 is 2.80 bits per heavy atom. The minimum Gasteiger partial charge on any atom is -0.496 e. The van der Waals surface area contributed by atoms with E-state index in [0.717, 1.165) is 11.1 Å². The molecule has 3 aromatic rings. The number of benzene rings is 2. The number of carbonyl (C=O) groups is 1. The van der Waals surface area contributed by atoms with Gasteiger partial charge in [0.2, 0.25) is 6.79 Å². The molecule has 35 heavy (non-hydrogen) atoms. The highest BCUT2D eigenvalue weighted by Crippen LogP contribution is 2.35. The van der Waals surface area contributed by atoms with E-state index in [0.29, 0.717) is 42.3 Å². The summed E-state index contributed by atoms with van der Waals surface area (Å²) in [6, 6.07) is 10.3. The second kappa shape index (κ2) is 9.35. The Balaban J connectivity index is 1.70. The number of hydrogen-bond donors (Lipinski definition) is 0. The van der Waals surface area contributed by atoms with Gasteiger partial charge in [-0.3, -0.25) is 9.36 Å². The van der Waals surface area contributed by atoms with Crippen LogP contribution < -0.4 is 29.1 Å². The number of carbonyl (C=O) groups excluding carboxylic acids is 1. The van der Waals surface area contributed by atoms with Crippen molar-refractivity contribution in [2.45, 2.75) is 19.9 Å². The Hall–Kier alpha value is -3.37. The van der Waals surface area contributed by atoms with Crippen molar-refractivity contribution in [2.24, 2.45) is 4.99 Å². The van der Waals surface area contributed by atoms with Gasteiger partial charge in [0.25, 0.3) is 5.56 Å². The lowest BCUT2D eigenvalue weighted by Crippen LogP contribution is -2.39. The maximum Gasteiger partial charge on any atom is 0.338 e. The van der Waals surface area contributed by atoms with Gasteiger partial charge in [-0.2, -0.15) is 0 Å². The summed E-state index contributed by atoms with van der Waals surface area (Å²) in [6.07, 6.45) is 1.79. The number of fused-ring (bicyclic) bond motifs is 2. The molecule has 2 aliphatic heterocycles. The molecule has 0 spiro atoms. The monoisotopic (exact) mass is 556 g/mol. The Morgan fingerprint density at radius 2 is 2.06 bits per heavy atom. The zero-order valence-corrected chi connectivity index (χ0v) is 21.6. The molecular formula is C25H21BrN2O6S. The second-order valence-electron chi connectivity index (χ2n) is 7.81. The van der Waals surface area contributed by atoms with Crippen LogP contribution in [0.4, 0.5) is 0 Å². The highest BCUT2D eigenvalue weighted by Gasteiger charge is 2.33.